The molecule has 0 aliphatic heterocycles. The van der Waals surface area contributed by atoms with Gasteiger partial charge in [-0.15, -0.1) is 0 Å². The first-order valence-electron chi connectivity index (χ1n) is 6.19. The molecule has 0 aliphatic carbocycles. The van der Waals surface area contributed by atoms with Crippen molar-refractivity contribution in [1.29, 1.82) is 0 Å². The summed E-state index contributed by atoms with van der Waals surface area (Å²) in [5.74, 6) is -0.134. The van der Waals surface area contributed by atoms with Gasteiger partial charge in [0.15, 0.2) is 0 Å². The highest BCUT2D eigenvalue weighted by atomic mass is 16.5. The summed E-state index contributed by atoms with van der Waals surface area (Å²) >= 11 is 0. The maximum absolute atomic E-state index is 11.6. The lowest BCUT2D eigenvalue weighted by atomic mass is 10.2. The van der Waals surface area contributed by atoms with E-state index < -0.39 is 6.10 Å². The van der Waals surface area contributed by atoms with Crippen molar-refractivity contribution in [1.82, 2.24) is 5.32 Å². The predicted octanol–water partition coefficient (Wildman–Crippen LogP) is 2.16. The monoisotopic (exact) mass is 250 g/mol. The van der Waals surface area contributed by atoms with Gasteiger partial charge in [0.05, 0.1) is 0 Å². The normalized spacial score (nSPS) is 12.5. The average molecular weight is 250 g/mol. The van der Waals surface area contributed by atoms with E-state index in [9.17, 15) is 4.79 Å². The number of ether oxygens (including phenoxy) is 1. The predicted molar refractivity (Wildman–Crippen MR) is 73.5 cm³/mol. The van der Waals surface area contributed by atoms with Gasteiger partial charge in [-0.1, -0.05) is 26.0 Å². The number of anilines is 1. The molecule has 0 saturated carbocycles. The largest absolute Gasteiger partial charge is 0.372 e. The van der Waals surface area contributed by atoms with E-state index >= 15 is 0 Å². The minimum atomic E-state index is -0.438. The molecule has 0 bridgehead atoms. The van der Waals surface area contributed by atoms with Gasteiger partial charge in [0.25, 0.3) is 5.91 Å². The first-order valence-corrected chi connectivity index (χ1v) is 6.19. The fraction of sp³-hybridized carbons (Fsp3) is 0.500. The van der Waals surface area contributed by atoms with Gasteiger partial charge in [0, 0.05) is 25.4 Å². The highest BCUT2D eigenvalue weighted by Crippen LogP contribution is 2.10. The lowest BCUT2D eigenvalue weighted by molar-refractivity contribution is -0.124. The summed E-state index contributed by atoms with van der Waals surface area (Å²) in [6.45, 7) is 6.78. The number of carbonyl (C=O) groups is 1. The molecule has 1 unspecified atom stereocenters. The van der Waals surface area contributed by atoms with Gasteiger partial charge in [0.2, 0.25) is 0 Å². The van der Waals surface area contributed by atoms with E-state index in [0.717, 1.165) is 12.2 Å². The Morgan fingerprint density at radius 1 is 1.22 bits per heavy atom. The second-order valence-electron chi connectivity index (χ2n) is 4.60. The van der Waals surface area contributed by atoms with Crippen LogP contribution in [0.4, 0.5) is 5.69 Å². The smallest absolute Gasteiger partial charge is 0.253 e. The van der Waals surface area contributed by atoms with Crippen molar-refractivity contribution in [3.8, 4) is 0 Å². The van der Waals surface area contributed by atoms with Crippen LogP contribution in [-0.2, 0) is 16.1 Å². The van der Waals surface area contributed by atoms with E-state index in [1.165, 1.54) is 12.7 Å². The molecule has 100 valence electrons. The second-order valence-corrected chi connectivity index (χ2v) is 4.60. The summed E-state index contributed by atoms with van der Waals surface area (Å²) in [5.41, 5.74) is 1.98. The Bertz CT molecular complexity index is 374. The Hall–Kier alpha value is -1.39. The standard InChI is InChI=1S/C14H22N2O2/c1-10(2)15-9-12-5-7-13(8-6-12)16-14(17)11(3)18-4/h5-8,10-11,15H,9H2,1-4H3,(H,16,17). The van der Waals surface area contributed by atoms with Crippen LogP contribution < -0.4 is 10.6 Å². The Labute approximate surface area is 109 Å². The molecule has 0 fully saturated rings. The molecule has 1 rings (SSSR count). The molecule has 4 nitrogen and oxygen atoms in total. The third-order valence-electron chi connectivity index (χ3n) is 2.66. The Morgan fingerprint density at radius 2 is 1.83 bits per heavy atom. The Kier molecular flexibility index (Phi) is 5.82. The highest BCUT2D eigenvalue weighted by molar-refractivity contribution is 5.93. The number of benzene rings is 1. The zero-order valence-corrected chi connectivity index (χ0v) is 11.5. The van der Waals surface area contributed by atoms with Crippen molar-refractivity contribution in [3.05, 3.63) is 29.8 Å². The van der Waals surface area contributed by atoms with Crippen LogP contribution in [-0.4, -0.2) is 25.2 Å². The van der Waals surface area contributed by atoms with Gasteiger partial charge < -0.3 is 15.4 Å². The molecule has 0 aliphatic rings. The number of rotatable bonds is 6. The summed E-state index contributed by atoms with van der Waals surface area (Å²) < 4.78 is 4.95. The molecule has 0 heterocycles. The molecule has 4 heteroatoms. The lowest BCUT2D eigenvalue weighted by Crippen LogP contribution is -2.26. The maximum atomic E-state index is 11.6. The lowest BCUT2D eigenvalue weighted by Gasteiger charge is -2.11. The molecule has 1 aromatic carbocycles. The molecule has 18 heavy (non-hydrogen) atoms. The van der Waals surface area contributed by atoms with Crippen molar-refractivity contribution in [2.24, 2.45) is 0 Å². The maximum Gasteiger partial charge on any atom is 0.253 e. The average Bonchev–Trinajstić information content (AvgIpc) is 2.36. The van der Waals surface area contributed by atoms with E-state index in [2.05, 4.69) is 24.5 Å². The van der Waals surface area contributed by atoms with Crippen molar-refractivity contribution in [2.75, 3.05) is 12.4 Å². The number of carbonyl (C=O) groups excluding carboxylic acids is 1. The summed E-state index contributed by atoms with van der Waals surface area (Å²) in [4.78, 5) is 11.6. The SMILES string of the molecule is COC(C)C(=O)Nc1ccc(CNC(C)C)cc1. The fourth-order valence-corrected chi connectivity index (χ4v) is 1.38. The number of nitrogens with one attached hydrogen (secondary N) is 2. The molecular formula is C14H22N2O2. The van der Waals surface area contributed by atoms with Crippen LogP contribution in [0.15, 0.2) is 24.3 Å². The molecule has 1 amide bonds. The molecule has 2 N–H and O–H groups in total. The molecule has 0 spiro atoms. The number of amides is 1. The van der Waals surface area contributed by atoms with Gasteiger partial charge in [-0.05, 0) is 24.6 Å². The second kappa shape index (κ2) is 7.13. The van der Waals surface area contributed by atoms with E-state index in [0.29, 0.717) is 6.04 Å². The molecule has 1 aromatic rings. The Balaban J connectivity index is 2.52. The topological polar surface area (TPSA) is 50.4 Å². The third-order valence-corrected chi connectivity index (χ3v) is 2.66. The van der Waals surface area contributed by atoms with Gasteiger partial charge >= 0.3 is 0 Å². The highest BCUT2D eigenvalue weighted by Gasteiger charge is 2.11. The van der Waals surface area contributed by atoms with Crippen LogP contribution in [0.3, 0.4) is 0 Å². The van der Waals surface area contributed by atoms with E-state index in [1.54, 1.807) is 6.92 Å². The number of hydrogen-bond acceptors (Lipinski definition) is 3. The zero-order chi connectivity index (χ0) is 13.5. The van der Waals surface area contributed by atoms with Crippen LogP contribution in [0.5, 0.6) is 0 Å². The van der Waals surface area contributed by atoms with Crippen LogP contribution in [0.2, 0.25) is 0 Å². The summed E-state index contributed by atoms with van der Waals surface area (Å²) in [5, 5.41) is 6.14. The van der Waals surface area contributed by atoms with E-state index in [1.807, 2.05) is 24.3 Å². The van der Waals surface area contributed by atoms with Gasteiger partial charge in [-0.3, -0.25) is 4.79 Å². The van der Waals surface area contributed by atoms with E-state index in [4.69, 9.17) is 4.74 Å². The fourth-order valence-electron chi connectivity index (χ4n) is 1.38. The van der Waals surface area contributed by atoms with Crippen molar-refractivity contribution in [3.63, 3.8) is 0 Å². The van der Waals surface area contributed by atoms with Gasteiger partial charge in [-0.2, -0.15) is 0 Å². The van der Waals surface area contributed by atoms with Crippen LogP contribution in [0.25, 0.3) is 0 Å². The number of hydrogen-bond donors (Lipinski definition) is 2. The first-order chi connectivity index (χ1) is 8.52. The molecule has 0 saturated heterocycles. The minimum Gasteiger partial charge on any atom is -0.372 e. The summed E-state index contributed by atoms with van der Waals surface area (Å²) in [6, 6.07) is 8.27. The Morgan fingerprint density at radius 3 is 2.33 bits per heavy atom. The van der Waals surface area contributed by atoms with Crippen LogP contribution in [0, 0.1) is 0 Å². The van der Waals surface area contributed by atoms with E-state index in [-0.39, 0.29) is 5.91 Å². The number of methoxy groups -OCH3 is 1. The molecule has 0 aromatic heterocycles. The quantitative estimate of drug-likeness (QED) is 0.813. The summed E-state index contributed by atoms with van der Waals surface area (Å²) in [7, 11) is 1.52. The summed E-state index contributed by atoms with van der Waals surface area (Å²) in [6.07, 6.45) is -0.438. The van der Waals surface area contributed by atoms with Crippen molar-refractivity contribution in [2.45, 2.75) is 39.5 Å². The minimum absolute atomic E-state index is 0.134. The molecular weight excluding hydrogens is 228 g/mol. The first kappa shape index (κ1) is 14.7. The third kappa shape index (κ3) is 4.85. The van der Waals surface area contributed by atoms with Gasteiger partial charge in [-0.25, -0.2) is 0 Å². The zero-order valence-electron chi connectivity index (χ0n) is 11.5. The molecule has 0 radical (unpaired) electrons. The van der Waals surface area contributed by atoms with Gasteiger partial charge in [0.1, 0.15) is 6.10 Å². The van der Waals surface area contributed by atoms with Crippen molar-refractivity contribution >= 4 is 11.6 Å². The van der Waals surface area contributed by atoms with Crippen LogP contribution in [0.1, 0.15) is 26.3 Å². The van der Waals surface area contributed by atoms with Crippen molar-refractivity contribution < 1.29 is 9.53 Å². The molecule has 1 atom stereocenters. The van der Waals surface area contributed by atoms with Crippen LogP contribution >= 0.6 is 0 Å².